The number of amides is 1. The molecule has 2 rings (SSSR count). The Balaban J connectivity index is 2.28. The second kappa shape index (κ2) is 3.21. The third kappa shape index (κ3) is 1.39. The summed E-state index contributed by atoms with van der Waals surface area (Å²) in [6.07, 6.45) is -0.280. The minimum atomic E-state index is -0.280. The number of rotatable bonds is 1. The zero-order chi connectivity index (χ0) is 10.1. The van der Waals surface area contributed by atoms with E-state index >= 15 is 0 Å². The maximum atomic E-state index is 11.1. The van der Waals surface area contributed by atoms with Crippen molar-refractivity contribution in [2.75, 3.05) is 19.4 Å². The zero-order valence-electron chi connectivity index (χ0n) is 7.93. The van der Waals surface area contributed by atoms with Crippen LogP contribution in [0.5, 0.6) is 0 Å². The second-order valence-electron chi connectivity index (χ2n) is 3.37. The number of nitrogen functional groups attached to an aromatic ring is 1. The van der Waals surface area contributed by atoms with Gasteiger partial charge in [-0.15, -0.1) is 0 Å². The predicted octanol–water partition coefficient (Wildman–Crippen LogP) is 1.39. The van der Waals surface area contributed by atoms with Crippen LogP contribution in [0.2, 0.25) is 0 Å². The number of benzene rings is 1. The molecule has 74 valence electrons. The molecular weight excluding hydrogens is 180 g/mol. The topological polar surface area (TPSA) is 55.6 Å². The Morgan fingerprint density at radius 2 is 2.36 bits per heavy atom. The summed E-state index contributed by atoms with van der Waals surface area (Å²) in [5, 5.41) is 0. The number of ether oxygens (including phenoxy) is 1. The van der Waals surface area contributed by atoms with Crippen LogP contribution in [0.25, 0.3) is 0 Å². The molecule has 1 atom stereocenters. The summed E-state index contributed by atoms with van der Waals surface area (Å²) in [5.41, 5.74) is 7.38. The largest absolute Gasteiger partial charge is 0.447 e. The standard InChI is InChI=1S/C10H12N2O2/c1-12-9(6-14-10(12)13)7-3-2-4-8(11)5-7/h2-5,9H,6,11H2,1H3. The molecule has 0 aliphatic carbocycles. The molecule has 1 aliphatic heterocycles. The fourth-order valence-electron chi connectivity index (χ4n) is 1.58. The van der Waals surface area contributed by atoms with Crippen LogP contribution in [0, 0.1) is 0 Å². The van der Waals surface area contributed by atoms with Crippen LogP contribution >= 0.6 is 0 Å². The quantitative estimate of drug-likeness (QED) is 0.684. The Kier molecular flexibility index (Phi) is 2.04. The van der Waals surface area contributed by atoms with Gasteiger partial charge in [0.15, 0.2) is 0 Å². The van der Waals surface area contributed by atoms with Crippen LogP contribution in [0.15, 0.2) is 24.3 Å². The molecule has 1 saturated heterocycles. The molecule has 1 aromatic carbocycles. The molecule has 0 radical (unpaired) electrons. The molecule has 4 nitrogen and oxygen atoms in total. The van der Waals surface area contributed by atoms with Crippen molar-refractivity contribution in [3.8, 4) is 0 Å². The molecule has 0 aromatic heterocycles. The summed E-state index contributed by atoms with van der Waals surface area (Å²) in [5.74, 6) is 0. The van der Waals surface area contributed by atoms with Gasteiger partial charge in [-0.3, -0.25) is 0 Å². The first kappa shape index (κ1) is 8.87. The normalized spacial score (nSPS) is 21.1. The van der Waals surface area contributed by atoms with Crippen molar-refractivity contribution in [1.29, 1.82) is 0 Å². The summed E-state index contributed by atoms with van der Waals surface area (Å²) >= 11 is 0. The minimum Gasteiger partial charge on any atom is -0.447 e. The highest BCUT2D eigenvalue weighted by Gasteiger charge is 2.30. The summed E-state index contributed by atoms with van der Waals surface area (Å²) in [4.78, 5) is 12.7. The van der Waals surface area contributed by atoms with Gasteiger partial charge in [-0.1, -0.05) is 12.1 Å². The lowest BCUT2D eigenvalue weighted by molar-refractivity contribution is 0.163. The van der Waals surface area contributed by atoms with Gasteiger partial charge in [0.1, 0.15) is 6.61 Å². The third-order valence-corrected chi connectivity index (χ3v) is 2.42. The molecule has 1 aliphatic rings. The van der Waals surface area contributed by atoms with Crippen molar-refractivity contribution in [1.82, 2.24) is 4.90 Å². The minimum absolute atomic E-state index is 0.00833. The van der Waals surface area contributed by atoms with E-state index in [9.17, 15) is 4.79 Å². The number of nitrogens with zero attached hydrogens (tertiary/aromatic N) is 1. The van der Waals surface area contributed by atoms with E-state index < -0.39 is 0 Å². The van der Waals surface area contributed by atoms with Gasteiger partial charge in [-0.2, -0.15) is 0 Å². The second-order valence-corrected chi connectivity index (χ2v) is 3.37. The number of cyclic esters (lactones) is 1. The lowest BCUT2D eigenvalue weighted by atomic mass is 10.1. The molecule has 0 saturated carbocycles. The summed E-state index contributed by atoms with van der Waals surface area (Å²) in [6.45, 7) is 0.402. The molecule has 1 unspecified atom stereocenters. The zero-order valence-corrected chi connectivity index (χ0v) is 7.93. The van der Waals surface area contributed by atoms with E-state index in [0.717, 1.165) is 5.56 Å². The van der Waals surface area contributed by atoms with Crippen LogP contribution in [0.4, 0.5) is 10.5 Å². The van der Waals surface area contributed by atoms with E-state index in [4.69, 9.17) is 10.5 Å². The van der Waals surface area contributed by atoms with Crippen molar-refractivity contribution in [2.24, 2.45) is 0 Å². The van der Waals surface area contributed by atoms with Crippen LogP contribution < -0.4 is 5.73 Å². The van der Waals surface area contributed by atoms with Gasteiger partial charge in [-0.25, -0.2) is 4.79 Å². The van der Waals surface area contributed by atoms with Crippen molar-refractivity contribution >= 4 is 11.8 Å². The number of anilines is 1. The number of carbonyl (C=O) groups is 1. The lowest BCUT2D eigenvalue weighted by Gasteiger charge is -2.16. The molecule has 0 spiro atoms. The summed E-state index contributed by atoms with van der Waals surface area (Å²) in [6, 6.07) is 7.50. The molecule has 14 heavy (non-hydrogen) atoms. The maximum Gasteiger partial charge on any atom is 0.410 e. The number of hydrogen-bond acceptors (Lipinski definition) is 3. The highest BCUT2D eigenvalue weighted by atomic mass is 16.6. The maximum absolute atomic E-state index is 11.1. The SMILES string of the molecule is CN1C(=O)OCC1c1cccc(N)c1. The third-order valence-electron chi connectivity index (χ3n) is 2.42. The van der Waals surface area contributed by atoms with E-state index in [1.54, 1.807) is 11.9 Å². The van der Waals surface area contributed by atoms with Crippen molar-refractivity contribution in [3.05, 3.63) is 29.8 Å². The van der Waals surface area contributed by atoms with Crippen molar-refractivity contribution in [3.63, 3.8) is 0 Å². The molecule has 1 heterocycles. The highest BCUT2D eigenvalue weighted by Crippen LogP contribution is 2.26. The molecule has 0 bridgehead atoms. The van der Waals surface area contributed by atoms with Gasteiger partial charge in [-0.05, 0) is 17.7 Å². The molecule has 2 N–H and O–H groups in total. The molecular formula is C10H12N2O2. The molecule has 1 amide bonds. The Hall–Kier alpha value is -1.71. The van der Waals surface area contributed by atoms with Crippen molar-refractivity contribution in [2.45, 2.75) is 6.04 Å². The van der Waals surface area contributed by atoms with E-state index in [-0.39, 0.29) is 12.1 Å². The number of hydrogen-bond donors (Lipinski definition) is 1. The monoisotopic (exact) mass is 192 g/mol. The molecule has 1 fully saturated rings. The van der Waals surface area contributed by atoms with Gasteiger partial charge in [0.25, 0.3) is 0 Å². The number of likely N-dealkylation sites (N-methyl/N-ethyl adjacent to an activating group) is 1. The number of nitrogens with two attached hydrogens (primary N) is 1. The fourth-order valence-corrected chi connectivity index (χ4v) is 1.58. The van der Waals surface area contributed by atoms with E-state index in [1.807, 2.05) is 24.3 Å². The summed E-state index contributed by atoms with van der Waals surface area (Å²) < 4.78 is 4.92. The van der Waals surface area contributed by atoms with Gasteiger partial charge < -0.3 is 15.4 Å². The fraction of sp³-hybridized carbons (Fsp3) is 0.300. The van der Waals surface area contributed by atoms with Gasteiger partial charge >= 0.3 is 6.09 Å². The van der Waals surface area contributed by atoms with Gasteiger partial charge in [0.05, 0.1) is 6.04 Å². The Bertz CT molecular complexity index is 365. The van der Waals surface area contributed by atoms with Crippen LogP contribution in [0.1, 0.15) is 11.6 Å². The van der Waals surface area contributed by atoms with Crippen LogP contribution in [0.3, 0.4) is 0 Å². The number of carbonyl (C=O) groups excluding carboxylic acids is 1. The smallest absolute Gasteiger partial charge is 0.410 e. The first-order valence-electron chi connectivity index (χ1n) is 4.43. The Morgan fingerprint density at radius 1 is 1.57 bits per heavy atom. The first-order chi connectivity index (χ1) is 6.68. The van der Waals surface area contributed by atoms with Gasteiger partial charge in [0, 0.05) is 12.7 Å². The predicted molar refractivity (Wildman–Crippen MR) is 52.7 cm³/mol. The van der Waals surface area contributed by atoms with Gasteiger partial charge in [0.2, 0.25) is 0 Å². The van der Waals surface area contributed by atoms with E-state index in [0.29, 0.717) is 12.3 Å². The van der Waals surface area contributed by atoms with E-state index in [2.05, 4.69) is 0 Å². The first-order valence-corrected chi connectivity index (χ1v) is 4.43. The van der Waals surface area contributed by atoms with Crippen molar-refractivity contribution < 1.29 is 9.53 Å². The van der Waals surface area contributed by atoms with Crippen LogP contribution in [-0.2, 0) is 4.74 Å². The lowest BCUT2D eigenvalue weighted by Crippen LogP contribution is -2.22. The molecule has 4 heteroatoms. The summed E-state index contributed by atoms with van der Waals surface area (Å²) in [7, 11) is 1.73. The molecule has 1 aromatic rings. The van der Waals surface area contributed by atoms with Crippen LogP contribution in [-0.4, -0.2) is 24.6 Å². The van der Waals surface area contributed by atoms with E-state index in [1.165, 1.54) is 0 Å². The highest BCUT2D eigenvalue weighted by molar-refractivity contribution is 5.70. The average molecular weight is 192 g/mol. The Labute approximate surface area is 82.3 Å². The Morgan fingerprint density at radius 3 is 2.93 bits per heavy atom. The average Bonchev–Trinajstić information content (AvgIpc) is 2.48.